The van der Waals surface area contributed by atoms with Crippen molar-refractivity contribution in [2.24, 2.45) is 5.92 Å². The molecule has 6 heteroatoms. The van der Waals surface area contributed by atoms with Gasteiger partial charge < -0.3 is 15.1 Å². The third-order valence-corrected chi connectivity index (χ3v) is 4.71. The fraction of sp³-hybridized carbons (Fsp3) is 0.316. The smallest absolute Gasteiger partial charge is 0.221 e. The molecule has 1 fully saturated rings. The number of nitrogens with zero attached hydrogens (tertiary/aromatic N) is 4. The van der Waals surface area contributed by atoms with Crippen LogP contribution in [0, 0.1) is 5.92 Å². The Bertz CT molecular complexity index is 813. The zero-order valence-corrected chi connectivity index (χ0v) is 14.4. The van der Waals surface area contributed by atoms with Crippen LogP contribution in [0.15, 0.2) is 48.2 Å². The number of anilines is 2. The van der Waals surface area contributed by atoms with E-state index in [1.165, 1.54) is 12.5 Å². The highest BCUT2D eigenvalue weighted by Gasteiger charge is 2.32. The highest BCUT2D eigenvalue weighted by molar-refractivity contribution is 5.88. The van der Waals surface area contributed by atoms with Crippen molar-refractivity contribution in [3.05, 3.63) is 48.2 Å². The van der Waals surface area contributed by atoms with Crippen molar-refractivity contribution in [1.82, 2.24) is 15.1 Å². The summed E-state index contributed by atoms with van der Waals surface area (Å²) in [5.41, 5.74) is 4.08. The van der Waals surface area contributed by atoms with E-state index < -0.39 is 0 Å². The predicted molar refractivity (Wildman–Crippen MR) is 98.2 cm³/mol. The summed E-state index contributed by atoms with van der Waals surface area (Å²) in [6.07, 6.45) is 2.25. The normalized spacial score (nSPS) is 19.0. The van der Waals surface area contributed by atoms with Gasteiger partial charge in [0, 0.05) is 57.0 Å². The first kappa shape index (κ1) is 15.6. The van der Waals surface area contributed by atoms with Gasteiger partial charge >= 0.3 is 0 Å². The minimum absolute atomic E-state index is 0.0754. The predicted octanol–water partition coefficient (Wildman–Crippen LogP) is 2.37. The first-order chi connectivity index (χ1) is 12.1. The lowest BCUT2D eigenvalue weighted by atomic mass is 10.1. The zero-order valence-electron chi connectivity index (χ0n) is 14.4. The number of rotatable bonds is 3. The largest absolute Gasteiger partial charge is 0.380 e. The molecule has 1 amide bonds. The first-order valence-corrected chi connectivity index (χ1v) is 8.46. The summed E-state index contributed by atoms with van der Waals surface area (Å²) in [5.74, 6) is 1.47. The summed E-state index contributed by atoms with van der Waals surface area (Å²) in [7, 11) is 2.13. The number of amides is 1. The van der Waals surface area contributed by atoms with Gasteiger partial charge in [-0.2, -0.15) is 0 Å². The van der Waals surface area contributed by atoms with Crippen LogP contribution in [0.3, 0.4) is 0 Å². The molecule has 0 bridgehead atoms. The van der Waals surface area contributed by atoms with Crippen LogP contribution in [-0.2, 0) is 4.79 Å². The molecule has 0 aliphatic carbocycles. The monoisotopic (exact) mass is 335 g/mol. The maximum Gasteiger partial charge on any atom is 0.221 e. The second-order valence-corrected chi connectivity index (χ2v) is 6.76. The SMILES string of the molecule is CC(=O)Nc1ccc(-c2ccc(N3CC4=CN(C)CC4C3)nn2)cc1. The van der Waals surface area contributed by atoms with E-state index in [-0.39, 0.29) is 5.91 Å². The molecule has 2 aliphatic heterocycles. The minimum Gasteiger partial charge on any atom is -0.380 e. The molecule has 1 N–H and O–H groups in total. The van der Waals surface area contributed by atoms with Crippen LogP contribution in [0.4, 0.5) is 11.5 Å². The second kappa shape index (κ2) is 6.20. The maximum absolute atomic E-state index is 11.1. The molecular weight excluding hydrogens is 314 g/mol. The zero-order chi connectivity index (χ0) is 17.4. The highest BCUT2D eigenvalue weighted by atomic mass is 16.1. The molecule has 2 aliphatic rings. The number of hydrogen-bond acceptors (Lipinski definition) is 5. The molecule has 0 saturated carbocycles. The van der Waals surface area contributed by atoms with Gasteiger partial charge in [0.1, 0.15) is 0 Å². The van der Waals surface area contributed by atoms with Crippen molar-refractivity contribution in [3.8, 4) is 11.3 Å². The summed E-state index contributed by atoms with van der Waals surface area (Å²) in [5, 5.41) is 11.6. The molecule has 1 saturated heterocycles. The summed E-state index contributed by atoms with van der Waals surface area (Å²) >= 11 is 0. The molecule has 1 atom stereocenters. The van der Waals surface area contributed by atoms with Gasteiger partial charge in [-0.3, -0.25) is 4.79 Å². The van der Waals surface area contributed by atoms with Crippen molar-refractivity contribution in [2.45, 2.75) is 6.92 Å². The Balaban J connectivity index is 1.47. The number of benzene rings is 1. The fourth-order valence-corrected chi connectivity index (χ4v) is 3.55. The Morgan fingerprint density at radius 3 is 2.56 bits per heavy atom. The molecule has 6 nitrogen and oxygen atoms in total. The standard InChI is InChI=1S/C19H21N5O/c1-13(25)20-17-5-3-14(4-6-17)18-7-8-19(22-21-18)24-11-15-9-23(2)10-16(15)12-24/h3-9,16H,10-12H2,1-2H3,(H,20,25). The number of aromatic nitrogens is 2. The number of hydrogen-bond donors (Lipinski definition) is 1. The lowest BCUT2D eigenvalue weighted by Gasteiger charge is -2.18. The van der Waals surface area contributed by atoms with Crippen molar-refractivity contribution in [1.29, 1.82) is 0 Å². The van der Waals surface area contributed by atoms with Crippen molar-refractivity contribution in [2.75, 3.05) is 36.9 Å². The Labute approximate surface area is 147 Å². The molecule has 1 aromatic carbocycles. The van der Waals surface area contributed by atoms with E-state index in [2.05, 4.69) is 38.6 Å². The third kappa shape index (κ3) is 3.20. The van der Waals surface area contributed by atoms with Gasteiger partial charge in [-0.1, -0.05) is 12.1 Å². The number of fused-ring (bicyclic) bond motifs is 1. The number of carbonyl (C=O) groups is 1. The number of carbonyl (C=O) groups excluding carboxylic acids is 1. The van der Waals surface area contributed by atoms with E-state index in [0.717, 1.165) is 42.4 Å². The van der Waals surface area contributed by atoms with E-state index >= 15 is 0 Å². The van der Waals surface area contributed by atoms with E-state index in [1.54, 1.807) is 0 Å². The van der Waals surface area contributed by atoms with E-state index in [4.69, 9.17) is 0 Å². The molecule has 0 spiro atoms. The van der Waals surface area contributed by atoms with Crippen LogP contribution in [0.5, 0.6) is 0 Å². The lowest BCUT2D eigenvalue weighted by molar-refractivity contribution is -0.114. The minimum atomic E-state index is -0.0754. The van der Waals surface area contributed by atoms with Crippen molar-refractivity contribution in [3.63, 3.8) is 0 Å². The summed E-state index contributed by atoms with van der Waals surface area (Å²) in [4.78, 5) is 15.6. The van der Waals surface area contributed by atoms with Crippen LogP contribution in [0.2, 0.25) is 0 Å². The summed E-state index contributed by atoms with van der Waals surface area (Å²) in [6, 6.07) is 11.7. The number of nitrogens with one attached hydrogen (secondary N) is 1. The van der Waals surface area contributed by atoms with E-state index in [1.807, 2.05) is 36.4 Å². The quantitative estimate of drug-likeness (QED) is 0.933. The average Bonchev–Trinajstić information content (AvgIpc) is 3.12. The molecule has 128 valence electrons. The molecular formula is C19H21N5O. The Morgan fingerprint density at radius 1 is 1.12 bits per heavy atom. The summed E-state index contributed by atoms with van der Waals surface area (Å²) in [6.45, 7) is 4.54. The molecule has 2 aromatic rings. The summed E-state index contributed by atoms with van der Waals surface area (Å²) < 4.78 is 0. The Morgan fingerprint density at radius 2 is 1.92 bits per heavy atom. The van der Waals surface area contributed by atoms with Crippen LogP contribution in [-0.4, -0.2) is 47.7 Å². The topological polar surface area (TPSA) is 61.4 Å². The van der Waals surface area contributed by atoms with Crippen LogP contribution in [0.25, 0.3) is 11.3 Å². The van der Waals surface area contributed by atoms with Gasteiger partial charge in [0.25, 0.3) is 0 Å². The van der Waals surface area contributed by atoms with Crippen LogP contribution in [0.1, 0.15) is 6.92 Å². The fourth-order valence-electron chi connectivity index (χ4n) is 3.55. The van der Waals surface area contributed by atoms with Crippen molar-refractivity contribution < 1.29 is 4.79 Å². The van der Waals surface area contributed by atoms with Gasteiger partial charge in [-0.15, -0.1) is 10.2 Å². The van der Waals surface area contributed by atoms with Crippen LogP contribution >= 0.6 is 0 Å². The van der Waals surface area contributed by atoms with Gasteiger partial charge in [-0.25, -0.2) is 0 Å². The Hall–Kier alpha value is -2.89. The molecule has 4 rings (SSSR count). The first-order valence-electron chi connectivity index (χ1n) is 8.46. The lowest BCUT2D eigenvalue weighted by Crippen LogP contribution is -2.25. The van der Waals surface area contributed by atoms with E-state index in [0.29, 0.717) is 5.92 Å². The maximum atomic E-state index is 11.1. The third-order valence-electron chi connectivity index (χ3n) is 4.71. The molecule has 25 heavy (non-hydrogen) atoms. The Kier molecular flexibility index (Phi) is 3.87. The molecule has 3 heterocycles. The average molecular weight is 335 g/mol. The van der Waals surface area contributed by atoms with Gasteiger partial charge in [0.15, 0.2) is 5.82 Å². The van der Waals surface area contributed by atoms with Gasteiger partial charge in [0.05, 0.1) is 5.69 Å². The molecule has 1 unspecified atom stereocenters. The van der Waals surface area contributed by atoms with Gasteiger partial charge in [-0.05, 0) is 29.8 Å². The molecule has 1 aromatic heterocycles. The second-order valence-electron chi connectivity index (χ2n) is 6.76. The van der Waals surface area contributed by atoms with Crippen LogP contribution < -0.4 is 10.2 Å². The highest BCUT2D eigenvalue weighted by Crippen LogP contribution is 2.31. The molecule has 0 radical (unpaired) electrons. The van der Waals surface area contributed by atoms with Crippen molar-refractivity contribution >= 4 is 17.4 Å². The van der Waals surface area contributed by atoms with Gasteiger partial charge in [0.2, 0.25) is 5.91 Å². The van der Waals surface area contributed by atoms with E-state index in [9.17, 15) is 4.79 Å².